The van der Waals surface area contributed by atoms with Gasteiger partial charge in [0.05, 0.1) is 12.7 Å². The molecule has 0 aliphatic carbocycles. The van der Waals surface area contributed by atoms with Crippen LogP contribution in [0, 0.1) is 0 Å². The van der Waals surface area contributed by atoms with Crippen LogP contribution in [0.5, 0.6) is 0 Å². The molecule has 0 amide bonds. The van der Waals surface area contributed by atoms with E-state index < -0.39 is 0 Å². The van der Waals surface area contributed by atoms with Crippen LogP contribution in [0.25, 0.3) is 0 Å². The zero-order chi connectivity index (χ0) is 9.14. The number of rotatable bonds is 3. The minimum absolute atomic E-state index is 0.0166. The van der Waals surface area contributed by atoms with Gasteiger partial charge in [-0.05, 0) is 6.92 Å². The van der Waals surface area contributed by atoms with Gasteiger partial charge >= 0.3 is 0 Å². The Labute approximate surface area is 72.4 Å². The molecule has 72 valence electrons. The van der Waals surface area contributed by atoms with Gasteiger partial charge in [-0.2, -0.15) is 0 Å². The molecule has 0 aromatic carbocycles. The molecule has 4 heteroatoms. The summed E-state index contributed by atoms with van der Waals surface area (Å²) in [5, 5.41) is 8.94. The highest BCUT2D eigenvalue weighted by Gasteiger charge is 2.42. The van der Waals surface area contributed by atoms with Crippen LogP contribution in [0.3, 0.4) is 0 Å². The summed E-state index contributed by atoms with van der Waals surface area (Å²) in [5.74, 6) is 0. The van der Waals surface area contributed by atoms with Gasteiger partial charge in [0.2, 0.25) is 0 Å². The molecule has 0 aromatic heterocycles. The van der Waals surface area contributed by atoms with E-state index in [1.54, 1.807) is 14.2 Å². The van der Waals surface area contributed by atoms with Gasteiger partial charge in [0.15, 0.2) is 0 Å². The third-order valence-corrected chi connectivity index (χ3v) is 2.27. The lowest BCUT2D eigenvalue weighted by molar-refractivity contribution is -0.0397. The molecular weight excluding hydrogens is 160 g/mol. The Bertz CT molecular complexity index is 139. The van der Waals surface area contributed by atoms with Crippen LogP contribution in [-0.2, 0) is 14.2 Å². The van der Waals surface area contributed by atoms with Crippen LogP contribution in [0.4, 0.5) is 0 Å². The van der Waals surface area contributed by atoms with E-state index in [-0.39, 0.29) is 31.0 Å². The third-order valence-electron chi connectivity index (χ3n) is 2.27. The summed E-state index contributed by atoms with van der Waals surface area (Å²) >= 11 is 0. The van der Waals surface area contributed by atoms with Crippen LogP contribution < -0.4 is 0 Å². The molecule has 1 saturated heterocycles. The van der Waals surface area contributed by atoms with Crippen molar-refractivity contribution in [3.8, 4) is 0 Å². The van der Waals surface area contributed by atoms with Crippen LogP contribution in [-0.4, -0.2) is 50.3 Å². The molecule has 4 atom stereocenters. The van der Waals surface area contributed by atoms with Gasteiger partial charge in [0.1, 0.15) is 18.3 Å². The molecular formula is C8H16O4. The first-order valence-electron chi connectivity index (χ1n) is 4.06. The average Bonchev–Trinajstić information content (AvgIpc) is 2.40. The van der Waals surface area contributed by atoms with E-state index in [2.05, 4.69) is 0 Å². The molecule has 1 rings (SSSR count). The Morgan fingerprint density at radius 2 is 1.83 bits per heavy atom. The van der Waals surface area contributed by atoms with Crippen molar-refractivity contribution in [3.05, 3.63) is 0 Å². The summed E-state index contributed by atoms with van der Waals surface area (Å²) in [5.41, 5.74) is 0. The largest absolute Gasteiger partial charge is 0.394 e. The first-order valence-corrected chi connectivity index (χ1v) is 4.06. The van der Waals surface area contributed by atoms with Crippen molar-refractivity contribution in [1.82, 2.24) is 0 Å². The first-order chi connectivity index (χ1) is 5.74. The molecule has 1 fully saturated rings. The Hall–Kier alpha value is -0.160. The van der Waals surface area contributed by atoms with Crippen molar-refractivity contribution in [2.24, 2.45) is 0 Å². The second-order valence-corrected chi connectivity index (χ2v) is 2.96. The highest BCUT2D eigenvalue weighted by molar-refractivity contribution is 4.90. The van der Waals surface area contributed by atoms with Crippen LogP contribution in [0.15, 0.2) is 0 Å². The molecule has 1 aliphatic rings. The van der Waals surface area contributed by atoms with Crippen molar-refractivity contribution >= 4 is 0 Å². The molecule has 0 unspecified atom stereocenters. The summed E-state index contributed by atoms with van der Waals surface area (Å²) in [6, 6.07) is 0. The smallest absolute Gasteiger partial charge is 0.114 e. The van der Waals surface area contributed by atoms with Gasteiger partial charge in [0, 0.05) is 14.2 Å². The zero-order valence-corrected chi connectivity index (χ0v) is 7.69. The number of ether oxygens (including phenoxy) is 3. The lowest BCUT2D eigenvalue weighted by Gasteiger charge is -2.19. The van der Waals surface area contributed by atoms with E-state index in [9.17, 15) is 0 Å². The predicted molar refractivity (Wildman–Crippen MR) is 43.0 cm³/mol. The first kappa shape index (κ1) is 9.92. The van der Waals surface area contributed by atoms with E-state index in [4.69, 9.17) is 19.3 Å². The molecule has 0 aromatic rings. The summed E-state index contributed by atoms with van der Waals surface area (Å²) in [4.78, 5) is 0. The summed E-state index contributed by atoms with van der Waals surface area (Å²) in [6.07, 6.45) is -0.505. The number of aliphatic hydroxyl groups excluding tert-OH is 1. The molecule has 0 radical (unpaired) electrons. The van der Waals surface area contributed by atoms with Crippen molar-refractivity contribution < 1.29 is 19.3 Å². The van der Waals surface area contributed by atoms with Gasteiger partial charge < -0.3 is 19.3 Å². The van der Waals surface area contributed by atoms with Gasteiger partial charge in [0.25, 0.3) is 0 Å². The normalized spacial score (nSPS) is 42.0. The number of hydrogen-bond acceptors (Lipinski definition) is 4. The fourth-order valence-corrected chi connectivity index (χ4v) is 1.67. The van der Waals surface area contributed by atoms with Gasteiger partial charge in [-0.3, -0.25) is 0 Å². The fourth-order valence-electron chi connectivity index (χ4n) is 1.67. The maximum Gasteiger partial charge on any atom is 0.114 e. The fraction of sp³-hybridized carbons (Fsp3) is 1.00. The maximum atomic E-state index is 8.94. The van der Waals surface area contributed by atoms with E-state index >= 15 is 0 Å². The van der Waals surface area contributed by atoms with Crippen molar-refractivity contribution in [2.75, 3.05) is 20.8 Å². The maximum absolute atomic E-state index is 8.94. The zero-order valence-electron chi connectivity index (χ0n) is 7.69. The standard InChI is InChI=1S/C8H16O4/c1-5-7(10-2)8(11-3)6(4-9)12-5/h5-9H,4H2,1-3H3/t5-,6+,7-,8+/m0/s1. The molecule has 1 N–H and O–H groups in total. The highest BCUT2D eigenvalue weighted by Crippen LogP contribution is 2.24. The minimum Gasteiger partial charge on any atom is -0.394 e. The summed E-state index contributed by atoms with van der Waals surface area (Å²) in [7, 11) is 3.22. The van der Waals surface area contributed by atoms with E-state index in [1.165, 1.54) is 0 Å². The Morgan fingerprint density at radius 3 is 2.25 bits per heavy atom. The van der Waals surface area contributed by atoms with Gasteiger partial charge in [-0.1, -0.05) is 0 Å². The Kier molecular flexibility index (Phi) is 3.46. The molecule has 0 bridgehead atoms. The van der Waals surface area contributed by atoms with E-state index in [0.717, 1.165) is 0 Å². The Morgan fingerprint density at radius 1 is 1.25 bits per heavy atom. The topological polar surface area (TPSA) is 47.9 Å². The second kappa shape index (κ2) is 4.18. The van der Waals surface area contributed by atoms with Crippen LogP contribution in [0.2, 0.25) is 0 Å². The molecule has 0 saturated carbocycles. The molecule has 4 nitrogen and oxygen atoms in total. The van der Waals surface area contributed by atoms with Crippen molar-refractivity contribution in [1.29, 1.82) is 0 Å². The highest BCUT2D eigenvalue weighted by atomic mass is 16.6. The van der Waals surface area contributed by atoms with E-state index in [0.29, 0.717) is 0 Å². The van der Waals surface area contributed by atoms with Crippen LogP contribution in [0.1, 0.15) is 6.92 Å². The third kappa shape index (κ3) is 1.61. The monoisotopic (exact) mass is 176 g/mol. The predicted octanol–water partition coefficient (Wildman–Crippen LogP) is -0.204. The number of hydrogen-bond donors (Lipinski definition) is 1. The SMILES string of the molecule is CO[C@@H]1[C@H](OC)[C@@H](CO)O[C@H]1C. The summed E-state index contributed by atoms with van der Waals surface area (Å²) < 4.78 is 15.8. The molecule has 0 spiro atoms. The quantitative estimate of drug-likeness (QED) is 0.646. The molecule has 1 heterocycles. The number of aliphatic hydroxyl groups is 1. The molecule has 1 aliphatic heterocycles. The average molecular weight is 176 g/mol. The second-order valence-electron chi connectivity index (χ2n) is 2.96. The number of methoxy groups -OCH3 is 2. The lowest BCUT2D eigenvalue weighted by Crippen LogP contribution is -2.36. The molecule has 12 heavy (non-hydrogen) atoms. The van der Waals surface area contributed by atoms with Crippen molar-refractivity contribution in [2.45, 2.75) is 31.3 Å². The van der Waals surface area contributed by atoms with Gasteiger partial charge in [-0.15, -0.1) is 0 Å². The van der Waals surface area contributed by atoms with Gasteiger partial charge in [-0.25, -0.2) is 0 Å². The lowest BCUT2D eigenvalue weighted by atomic mass is 10.1. The summed E-state index contributed by atoms with van der Waals surface area (Å²) in [6.45, 7) is 1.89. The van der Waals surface area contributed by atoms with Crippen molar-refractivity contribution in [3.63, 3.8) is 0 Å². The Balaban J connectivity index is 2.61. The van der Waals surface area contributed by atoms with E-state index in [1.807, 2.05) is 6.92 Å². The van der Waals surface area contributed by atoms with Crippen LogP contribution >= 0.6 is 0 Å². The minimum atomic E-state index is -0.255.